The molecule has 20 heavy (non-hydrogen) atoms. The topological polar surface area (TPSA) is 82.3 Å². The van der Waals surface area contributed by atoms with E-state index in [0.717, 1.165) is 0 Å². The summed E-state index contributed by atoms with van der Waals surface area (Å²) in [4.78, 5) is 4.35. The van der Waals surface area contributed by atoms with Crippen LogP contribution >= 0.6 is 0 Å². The predicted octanol–water partition coefficient (Wildman–Crippen LogP) is 1.87. The number of fused-ring (bicyclic) bond motifs is 1. The molecule has 102 valence electrons. The first-order chi connectivity index (χ1) is 9.59. The highest BCUT2D eigenvalue weighted by atomic mass is 32.2. The van der Waals surface area contributed by atoms with Crippen molar-refractivity contribution < 1.29 is 13.2 Å². The summed E-state index contributed by atoms with van der Waals surface area (Å²) >= 11 is 0. The van der Waals surface area contributed by atoms with Gasteiger partial charge in [-0.2, -0.15) is 0 Å². The molecule has 1 aromatic heterocycles. The van der Waals surface area contributed by atoms with Crippen LogP contribution in [0.15, 0.2) is 52.5 Å². The van der Waals surface area contributed by atoms with Gasteiger partial charge in [0, 0.05) is 17.4 Å². The molecule has 2 N–H and O–H groups in total. The predicted molar refractivity (Wildman–Crippen MR) is 75.7 cm³/mol. The molecule has 5 nitrogen and oxygen atoms in total. The lowest BCUT2D eigenvalue weighted by Crippen LogP contribution is -2.09. The van der Waals surface area contributed by atoms with Crippen molar-refractivity contribution >= 4 is 21.6 Å². The Balaban J connectivity index is 1.89. The molecule has 3 rings (SSSR count). The van der Waals surface area contributed by atoms with Crippen molar-refractivity contribution in [1.82, 2.24) is 4.98 Å². The zero-order chi connectivity index (χ0) is 14.2. The van der Waals surface area contributed by atoms with Gasteiger partial charge < -0.3 is 10.5 Å². The van der Waals surface area contributed by atoms with Crippen molar-refractivity contribution in [3.8, 4) is 5.75 Å². The first kappa shape index (κ1) is 12.7. The van der Waals surface area contributed by atoms with Crippen molar-refractivity contribution in [2.24, 2.45) is 0 Å². The second kappa shape index (κ2) is 4.64. The summed E-state index contributed by atoms with van der Waals surface area (Å²) in [5.41, 5.74) is 6.79. The van der Waals surface area contributed by atoms with E-state index in [-0.39, 0.29) is 16.4 Å². The van der Waals surface area contributed by atoms with Gasteiger partial charge in [0.05, 0.1) is 16.0 Å². The summed E-state index contributed by atoms with van der Waals surface area (Å²) < 4.78 is 30.1. The van der Waals surface area contributed by atoms with Crippen LogP contribution in [0, 0.1) is 0 Å². The number of hydrogen-bond donors (Lipinski definition) is 1. The summed E-state index contributed by atoms with van der Waals surface area (Å²) in [5.74, 6) is 0.521. The average molecular weight is 288 g/mol. The fourth-order valence-electron chi connectivity index (χ4n) is 2.04. The molecule has 0 saturated heterocycles. The Morgan fingerprint density at radius 1 is 1.20 bits per heavy atom. The van der Waals surface area contributed by atoms with E-state index in [1.165, 1.54) is 6.20 Å². The average Bonchev–Trinajstić information content (AvgIpc) is 2.71. The largest absolute Gasteiger partial charge is 0.487 e. The highest BCUT2D eigenvalue weighted by molar-refractivity contribution is 7.95. The third-order valence-electron chi connectivity index (χ3n) is 3.06. The number of sulfone groups is 1. The lowest BCUT2D eigenvalue weighted by molar-refractivity contribution is 0.357. The molecule has 0 radical (unpaired) electrons. The van der Waals surface area contributed by atoms with Gasteiger partial charge in [0.2, 0.25) is 9.84 Å². The SMILES string of the molecule is Nc1cccc2c1C=C(COc1cccnc1)S2(=O)=O. The monoisotopic (exact) mass is 288 g/mol. The Morgan fingerprint density at radius 2 is 2.05 bits per heavy atom. The maximum Gasteiger partial charge on any atom is 0.206 e. The van der Waals surface area contributed by atoms with E-state index < -0.39 is 9.84 Å². The molecule has 0 saturated carbocycles. The Hall–Kier alpha value is -2.34. The van der Waals surface area contributed by atoms with E-state index in [4.69, 9.17) is 10.5 Å². The molecule has 0 atom stereocenters. The van der Waals surface area contributed by atoms with Crippen LogP contribution in [0.25, 0.3) is 6.08 Å². The van der Waals surface area contributed by atoms with Crippen LogP contribution in [-0.2, 0) is 9.84 Å². The minimum atomic E-state index is -3.50. The normalized spacial score (nSPS) is 15.5. The number of nitrogens with two attached hydrogens (primary N) is 1. The summed E-state index contributed by atoms with van der Waals surface area (Å²) in [7, 11) is -3.50. The molecule has 0 aliphatic carbocycles. The molecule has 0 unspecified atom stereocenters. The van der Waals surface area contributed by atoms with Gasteiger partial charge >= 0.3 is 0 Å². The number of hydrogen-bond acceptors (Lipinski definition) is 5. The summed E-state index contributed by atoms with van der Waals surface area (Å²) in [6, 6.07) is 8.30. The zero-order valence-electron chi connectivity index (χ0n) is 10.5. The molecule has 0 bridgehead atoms. The van der Waals surface area contributed by atoms with E-state index in [1.807, 2.05) is 0 Å². The minimum absolute atomic E-state index is 0.0395. The number of aromatic nitrogens is 1. The van der Waals surface area contributed by atoms with Crippen LogP contribution in [0.1, 0.15) is 5.56 Å². The van der Waals surface area contributed by atoms with E-state index in [2.05, 4.69) is 4.98 Å². The van der Waals surface area contributed by atoms with E-state index in [9.17, 15) is 8.42 Å². The molecular weight excluding hydrogens is 276 g/mol. The molecule has 1 aliphatic rings. The number of ether oxygens (including phenoxy) is 1. The highest BCUT2D eigenvalue weighted by Gasteiger charge is 2.30. The number of benzene rings is 1. The summed E-state index contributed by atoms with van der Waals surface area (Å²) in [6.07, 6.45) is 4.72. The van der Waals surface area contributed by atoms with Crippen molar-refractivity contribution in [1.29, 1.82) is 0 Å². The lowest BCUT2D eigenvalue weighted by atomic mass is 10.2. The van der Waals surface area contributed by atoms with Crippen molar-refractivity contribution in [2.75, 3.05) is 12.3 Å². The number of rotatable bonds is 3. The first-order valence-corrected chi connectivity index (χ1v) is 7.44. The van der Waals surface area contributed by atoms with Gasteiger partial charge in [-0.25, -0.2) is 8.42 Å². The smallest absolute Gasteiger partial charge is 0.206 e. The Labute approximate surface area is 116 Å². The number of nitrogen functional groups attached to an aromatic ring is 1. The molecule has 6 heteroatoms. The molecule has 0 amide bonds. The van der Waals surface area contributed by atoms with E-state index in [1.54, 1.807) is 42.6 Å². The summed E-state index contributed by atoms with van der Waals surface area (Å²) in [6.45, 7) is -0.0395. The molecule has 1 aliphatic heterocycles. The molecular formula is C14H12N2O3S. The molecule has 0 spiro atoms. The molecule has 0 fully saturated rings. The molecule has 2 heterocycles. The van der Waals surface area contributed by atoms with Crippen LogP contribution in [0.5, 0.6) is 5.75 Å². The Morgan fingerprint density at radius 3 is 2.75 bits per heavy atom. The van der Waals surface area contributed by atoms with Crippen molar-refractivity contribution in [3.05, 3.63) is 53.2 Å². The standard InChI is InChI=1S/C14H12N2O3S/c15-13-4-1-5-14-12(13)7-11(20(14,17)18)9-19-10-3-2-6-16-8-10/h1-8H,9,15H2. The third kappa shape index (κ3) is 2.04. The van der Waals surface area contributed by atoms with Gasteiger partial charge in [0.25, 0.3) is 0 Å². The third-order valence-corrected chi connectivity index (χ3v) is 4.92. The molecule has 1 aromatic carbocycles. The lowest BCUT2D eigenvalue weighted by Gasteiger charge is -2.06. The zero-order valence-corrected chi connectivity index (χ0v) is 11.3. The van der Waals surface area contributed by atoms with Gasteiger partial charge in [-0.1, -0.05) is 6.07 Å². The fourth-order valence-corrected chi connectivity index (χ4v) is 3.53. The number of anilines is 1. The van der Waals surface area contributed by atoms with Gasteiger partial charge in [-0.3, -0.25) is 4.98 Å². The highest BCUT2D eigenvalue weighted by Crippen LogP contribution is 2.36. The van der Waals surface area contributed by atoms with E-state index in [0.29, 0.717) is 17.0 Å². The van der Waals surface area contributed by atoms with Crippen LogP contribution in [0.2, 0.25) is 0 Å². The second-order valence-electron chi connectivity index (χ2n) is 4.35. The Kier molecular flexibility index (Phi) is 2.94. The Bertz CT molecular complexity index is 783. The second-order valence-corrected chi connectivity index (χ2v) is 6.32. The summed E-state index contributed by atoms with van der Waals surface area (Å²) in [5, 5.41) is 0. The molecule has 2 aromatic rings. The van der Waals surface area contributed by atoms with Crippen LogP contribution in [-0.4, -0.2) is 20.0 Å². The van der Waals surface area contributed by atoms with Gasteiger partial charge in [-0.05, 0) is 30.3 Å². The maximum absolute atomic E-state index is 12.3. The van der Waals surface area contributed by atoms with Gasteiger partial charge in [-0.15, -0.1) is 0 Å². The van der Waals surface area contributed by atoms with E-state index >= 15 is 0 Å². The number of nitrogens with zero attached hydrogens (tertiary/aromatic N) is 1. The maximum atomic E-state index is 12.3. The first-order valence-electron chi connectivity index (χ1n) is 5.96. The van der Waals surface area contributed by atoms with Crippen molar-refractivity contribution in [3.63, 3.8) is 0 Å². The van der Waals surface area contributed by atoms with Crippen LogP contribution in [0.3, 0.4) is 0 Å². The van der Waals surface area contributed by atoms with Gasteiger partial charge in [0.15, 0.2) is 0 Å². The minimum Gasteiger partial charge on any atom is -0.487 e. The van der Waals surface area contributed by atoms with Crippen LogP contribution < -0.4 is 10.5 Å². The number of pyridine rings is 1. The van der Waals surface area contributed by atoms with Crippen LogP contribution in [0.4, 0.5) is 5.69 Å². The quantitative estimate of drug-likeness (QED) is 0.872. The van der Waals surface area contributed by atoms with Crippen molar-refractivity contribution in [2.45, 2.75) is 4.90 Å². The van der Waals surface area contributed by atoms with Gasteiger partial charge in [0.1, 0.15) is 12.4 Å². The fraction of sp³-hybridized carbons (Fsp3) is 0.0714.